The van der Waals surface area contributed by atoms with Crippen molar-refractivity contribution in [3.05, 3.63) is 64.3 Å². The van der Waals surface area contributed by atoms with E-state index in [1.165, 1.54) is 7.11 Å². The van der Waals surface area contributed by atoms with Gasteiger partial charge in [-0.05, 0) is 42.3 Å². The summed E-state index contributed by atoms with van der Waals surface area (Å²) >= 11 is 0. The molecule has 0 radical (unpaired) electrons. The second-order valence-electron chi connectivity index (χ2n) is 5.91. The SMILES string of the molecule is CCOc1cc(C(C)C(=O)OC)cc2ccc3ccccc3c(=O)c12. The summed E-state index contributed by atoms with van der Waals surface area (Å²) in [5.74, 6) is -0.268. The summed E-state index contributed by atoms with van der Waals surface area (Å²) in [6.07, 6.45) is 0. The highest BCUT2D eigenvalue weighted by atomic mass is 16.5. The van der Waals surface area contributed by atoms with Gasteiger partial charge in [-0.3, -0.25) is 9.59 Å². The van der Waals surface area contributed by atoms with Gasteiger partial charge in [-0.25, -0.2) is 0 Å². The highest BCUT2D eigenvalue weighted by Crippen LogP contribution is 2.30. The van der Waals surface area contributed by atoms with E-state index in [1.54, 1.807) is 13.0 Å². The second kappa shape index (κ2) is 6.93. The molecule has 3 aromatic rings. The maximum absolute atomic E-state index is 13.1. The Hall–Kier alpha value is -2.88. The zero-order valence-electron chi connectivity index (χ0n) is 14.5. The number of hydrogen-bond acceptors (Lipinski definition) is 4. The minimum absolute atomic E-state index is 0.0729. The van der Waals surface area contributed by atoms with Crippen LogP contribution in [0.2, 0.25) is 0 Å². The van der Waals surface area contributed by atoms with E-state index < -0.39 is 5.92 Å². The van der Waals surface area contributed by atoms with E-state index in [-0.39, 0.29) is 11.4 Å². The Morgan fingerprint density at radius 3 is 2.52 bits per heavy atom. The molecule has 0 N–H and O–H groups in total. The standard InChI is InChI=1S/C21H20O4/c1-4-25-18-12-16(13(2)21(23)24-3)11-15-10-9-14-7-5-6-8-17(14)20(22)19(15)18/h5-13H,4H2,1-3H3. The van der Waals surface area contributed by atoms with Crippen LogP contribution in [0.3, 0.4) is 0 Å². The van der Waals surface area contributed by atoms with Gasteiger partial charge in [-0.15, -0.1) is 0 Å². The normalized spacial score (nSPS) is 12.1. The Morgan fingerprint density at radius 1 is 1.08 bits per heavy atom. The molecule has 1 atom stereocenters. The molecular weight excluding hydrogens is 316 g/mol. The lowest BCUT2D eigenvalue weighted by Crippen LogP contribution is -2.11. The lowest BCUT2D eigenvalue weighted by atomic mass is 9.97. The van der Waals surface area contributed by atoms with Gasteiger partial charge in [-0.2, -0.15) is 0 Å². The fourth-order valence-corrected chi connectivity index (χ4v) is 3.03. The Kier molecular flexibility index (Phi) is 4.70. The van der Waals surface area contributed by atoms with Gasteiger partial charge in [0.25, 0.3) is 0 Å². The third-order valence-electron chi connectivity index (χ3n) is 4.38. The van der Waals surface area contributed by atoms with Crippen molar-refractivity contribution in [2.45, 2.75) is 19.8 Å². The Morgan fingerprint density at radius 2 is 1.80 bits per heavy atom. The molecule has 0 aliphatic carbocycles. The fourth-order valence-electron chi connectivity index (χ4n) is 3.03. The number of ether oxygens (including phenoxy) is 2. The first-order chi connectivity index (χ1) is 12.1. The largest absolute Gasteiger partial charge is 0.493 e. The highest BCUT2D eigenvalue weighted by Gasteiger charge is 2.19. The summed E-state index contributed by atoms with van der Waals surface area (Å²) in [5, 5.41) is 2.79. The minimum Gasteiger partial charge on any atom is -0.493 e. The second-order valence-corrected chi connectivity index (χ2v) is 5.91. The van der Waals surface area contributed by atoms with E-state index >= 15 is 0 Å². The van der Waals surface area contributed by atoms with Gasteiger partial charge in [0.15, 0.2) is 5.43 Å². The van der Waals surface area contributed by atoms with Crippen molar-refractivity contribution >= 4 is 27.5 Å². The van der Waals surface area contributed by atoms with E-state index in [1.807, 2.05) is 49.4 Å². The molecule has 0 spiro atoms. The predicted molar refractivity (Wildman–Crippen MR) is 99.3 cm³/mol. The first-order valence-corrected chi connectivity index (χ1v) is 8.27. The smallest absolute Gasteiger partial charge is 0.312 e. The molecule has 0 aromatic heterocycles. The summed E-state index contributed by atoms with van der Waals surface area (Å²) < 4.78 is 10.6. The van der Waals surface area contributed by atoms with Crippen molar-refractivity contribution < 1.29 is 14.3 Å². The number of rotatable bonds is 4. The van der Waals surface area contributed by atoms with E-state index in [4.69, 9.17) is 9.47 Å². The van der Waals surface area contributed by atoms with Gasteiger partial charge in [0, 0.05) is 5.39 Å². The molecule has 0 aliphatic rings. The topological polar surface area (TPSA) is 52.6 Å². The third-order valence-corrected chi connectivity index (χ3v) is 4.38. The first kappa shape index (κ1) is 17.0. The summed E-state index contributed by atoms with van der Waals surface area (Å²) in [5.41, 5.74) is 0.689. The zero-order valence-corrected chi connectivity index (χ0v) is 14.5. The summed E-state index contributed by atoms with van der Waals surface area (Å²) in [4.78, 5) is 25.0. The Bertz CT molecular complexity index is 1010. The van der Waals surface area contributed by atoms with Gasteiger partial charge < -0.3 is 9.47 Å². The average molecular weight is 336 g/mol. The van der Waals surface area contributed by atoms with E-state index in [9.17, 15) is 9.59 Å². The van der Waals surface area contributed by atoms with Crippen LogP contribution in [0.5, 0.6) is 5.75 Å². The van der Waals surface area contributed by atoms with Crippen molar-refractivity contribution in [2.75, 3.05) is 13.7 Å². The van der Waals surface area contributed by atoms with Crippen molar-refractivity contribution in [1.29, 1.82) is 0 Å². The van der Waals surface area contributed by atoms with Crippen LogP contribution in [0.4, 0.5) is 0 Å². The van der Waals surface area contributed by atoms with Crippen LogP contribution in [-0.4, -0.2) is 19.7 Å². The molecule has 4 nitrogen and oxygen atoms in total. The number of fused-ring (bicyclic) bond motifs is 2. The third kappa shape index (κ3) is 3.07. The van der Waals surface area contributed by atoms with Crippen LogP contribution in [0.15, 0.2) is 53.3 Å². The Labute approximate surface area is 146 Å². The molecule has 25 heavy (non-hydrogen) atoms. The molecule has 0 amide bonds. The lowest BCUT2D eigenvalue weighted by Gasteiger charge is -2.13. The average Bonchev–Trinajstić information content (AvgIpc) is 2.78. The fraction of sp³-hybridized carbons (Fsp3) is 0.238. The molecule has 0 aliphatic heterocycles. The Balaban J connectivity index is 2.39. The van der Waals surface area contributed by atoms with Crippen LogP contribution in [0, 0.1) is 0 Å². The molecule has 3 rings (SSSR count). The first-order valence-electron chi connectivity index (χ1n) is 8.27. The molecule has 0 heterocycles. The van der Waals surface area contributed by atoms with Gasteiger partial charge >= 0.3 is 5.97 Å². The number of esters is 1. The molecule has 3 aromatic carbocycles. The van der Waals surface area contributed by atoms with Crippen LogP contribution >= 0.6 is 0 Å². The molecule has 0 bridgehead atoms. The van der Waals surface area contributed by atoms with Crippen molar-refractivity contribution in [2.24, 2.45) is 0 Å². The van der Waals surface area contributed by atoms with E-state index in [0.717, 1.165) is 16.3 Å². The van der Waals surface area contributed by atoms with E-state index in [0.29, 0.717) is 23.1 Å². The van der Waals surface area contributed by atoms with Crippen LogP contribution < -0.4 is 10.2 Å². The van der Waals surface area contributed by atoms with E-state index in [2.05, 4.69) is 0 Å². The summed E-state index contributed by atoms with van der Waals surface area (Å²) in [6.45, 7) is 4.08. The van der Waals surface area contributed by atoms with Crippen molar-refractivity contribution in [3.8, 4) is 5.75 Å². The maximum atomic E-state index is 13.1. The molecular formula is C21H20O4. The molecule has 4 heteroatoms. The quantitative estimate of drug-likeness (QED) is 0.675. The van der Waals surface area contributed by atoms with Gasteiger partial charge in [0.1, 0.15) is 5.75 Å². The zero-order chi connectivity index (χ0) is 18.0. The predicted octanol–water partition coefficient (Wildman–Crippen LogP) is 4.03. The summed E-state index contributed by atoms with van der Waals surface area (Å²) in [6, 6.07) is 14.9. The highest BCUT2D eigenvalue weighted by molar-refractivity contribution is 5.97. The molecule has 0 fully saturated rings. The van der Waals surface area contributed by atoms with Gasteiger partial charge in [0.05, 0.1) is 25.0 Å². The summed E-state index contributed by atoms with van der Waals surface area (Å²) in [7, 11) is 1.37. The van der Waals surface area contributed by atoms with Crippen molar-refractivity contribution in [3.63, 3.8) is 0 Å². The number of methoxy groups -OCH3 is 1. The minimum atomic E-state index is -0.441. The molecule has 128 valence electrons. The van der Waals surface area contributed by atoms with Crippen LogP contribution in [0.1, 0.15) is 25.3 Å². The monoisotopic (exact) mass is 336 g/mol. The number of carbonyl (C=O) groups excluding carboxylic acids is 1. The lowest BCUT2D eigenvalue weighted by molar-refractivity contribution is -0.141. The molecule has 0 saturated carbocycles. The van der Waals surface area contributed by atoms with Crippen LogP contribution in [-0.2, 0) is 9.53 Å². The molecule has 0 saturated heterocycles. The number of carbonyl (C=O) groups is 1. The van der Waals surface area contributed by atoms with Crippen molar-refractivity contribution in [1.82, 2.24) is 0 Å². The number of benzene rings is 2. The maximum Gasteiger partial charge on any atom is 0.312 e. The number of hydrogen-bond donors (Lipinski definition) is 0. The van der Waals surface area contributed by atoms with Gasteiger partial charge in [-0.1, -0.05) is 36.4 Å². The van der Waals surface area contributed by atoms with Crippen LogP contribution in [0.25, 0.3) is 21.5 Å². The molecule has 1 unspecified atom stereocenters. The van der Waals surface area contributed by atoms with Gasteiger partial charge in [0.2, 0.25) is 0 Å².